The second-order valence-electron chi connectivity index (χ2n) is 1.18. The van der Waals surface area contributed by atoms with Gasteiger partial charge in [0.05, 0.1) is 0 Å². The van der Waals surface area contributed by atoms with Gasteiger partial charge in [0.15, 0.2) is 0 Å². The number of hydrogen-bond donors (Lipinski definition) is 2. The Morgan fingerprint density at radius 1 is 1.86 bits per heavy atom. The molecule has 7 heavy (non-hydrogen) atoms. The highest BCUT2D eigenvalue weighted by Crippen LogP contribution is 1.86. The largest absolute Gasteiger partial charge is 0.371 e. The minimum Gasteiger partial charge on any atom is -0.371 e. The molecule has 1 rings (SSSR count). The first-order valence-corrected chi connectivity index (χ1v) is 2.17. The van der Waals surface area contributed by atoms with E-state index in [0.29, 0.717) is 5.90 Å². The maximum atomic E-state index is 4.69. The van der Waals surface area contributed by atoms with Crippen LogP contribution in [0.2, 0.25) is 0 Å². The van der Waals surface area contributed by atoms with Gasteiger partial charge in [0.2, 0.25) is 5.90 Å². The van der Waals surface area contributed by atoms with Crippen LogP contribution in [0.4, 0.5) is 0 Å². The molecule has 1 aliphatic rings. The van der Waals surface area contributed by atoms with E-state index in [2.05, 4.69) is 16.2 Å². The zero-order valence-corrected chi connectivity index (χ0v) is 4.06. The van der Waals surface area contributed by atoms with E-state index in [9.17, 15) is 0 Å². The number of hydrazone groups is 1. The molecule has 0 aliphatic carbocycles. The molecule has 0 atom stereocenters. The third-order valence-corrected chi connectivity index (χ3v) is 0.698. The van der Waals surface area contributed by atoms with E-state index in [4.69, 9.17) is 4.84 Å². The number of hydrazine groups is 1. The average molecular weight is 101 g/mol. The van der Waals surface area contributed by atoms with Crippen molar-refractivity contribution in [2.45, 2.75) is 13.3 Å². The van der Waals surface area contributed by atoms with E-state index in [0.717, 1.165) is 6.42 Å². The lowest BCUT2D eigenvalue weighted by molar-refractivity contribution is 0.170. The normalized spacial score (nSPS) is 17.6. The Kier molecular flexibility index (Phi) is 1.12. The van der Waals surface area contributed by atoms with Crippen molar-refractivity contribution in [2.24, 2.45) is 5.10 Å². The van der Waals surface area contributed by atoms with Crippen LogP contribution >= 0.6 is 0 Å². The molecule has 0 aromatic heterocycles. The van der Waals surface area contributed by atoms with E-state index in [-0.39, 0.29) is 0 Å². The third-order valence-electron chi connectivity index (χ3n) is 0.698. The molecule has 0 saturated carbocycles. The van der Waals surface area contributed by atoms with Crippen LogP contribution in [0.1, 0.15) is 13.3 Å². The summed E-state index contributed by atoms with van der Waals surface area (Å²) in [5.74, 6) is 0.694. The van der Waals surface area contributed by atoms with Crippen molar-refractivity contribution in [2.75, 3.05) is 0 Å². The summed E-state index contributed by atoms with van der Waals surface area (Å²) in [6.07, 6.45) is 0.819. The summed E-state index contributed by atoms with van der Waals surface area (Å²) < 4.78 is 0. The summed E-state index contributed by atoms with van der Waals surface area (Å²) in [5, 5.41) is 3.69. The van der Waals surface area contributed by atoms with Crippen molar-refractivity contribution >= 4 is 5.90 Å². The van der Waals surface area contributed by atoms with Gasteiger partial charge in [-0.15, -0.1) is 5.10 Å². The molecule has 1 heterocycles. The van der Waals surface area contributed by atoms with Crippen molar-refractivity contribution in [1.82, 2.24) is 11.1 Å². The second-order valence-corrected chi connectivity index (χ2v) is 1.18. The minimum atomic E-state index is 0.694. The highest BCUT2D eigenvalue weighted by atomic mass is 16.7. The molecular formula is C3H7N3O. The number of rotatable bonds is 1. The molecule has 0 amide bonds. The lowest BCUT2D eigenvalue weighted by atomic mass is 10.5. The van der Waals surface area contributed by atoms with Crippen LogP contribution in [0.5, 0.6) is 0 Å². The second kappa shape index (κ2) is 1.79. The summed E-state index contributed by atoms with van der Waals surface area (Å²) in [6, 6.07) is 0. The minimum absolute atomic E-state index is 0.694. The molecule has 0 aromatic rings. The smallest absolute Gasteiger partial charge is 0.234 e. The SMILES string of the molecule is CCC1=NNNO1. The van der Waals surface area contributed by atoms with E-state index >= 15 is 0 Å². The van der Waals surface area contributed by atoms with Gasteiger partial charge < -0.3 is 4.84 Å². The van der Waals surface area contributed by atoms with Crippen LogP contribution in [0, 0.1) is 0 Å². The predicted octanol–water partition coefficient (Wildman–Crippen LogP) is -0.251. The first-order chi connectivity index (χ1) is 3.43. The van der Waals surface area contributed by atoms with Gasteiger partial charge >= 0.3 is 0 Å². The monoisotopic (exact) mass is 101 g/mol. The molecule has 1 aliphatic heterocycles. The Bertz CT molecular complexity index is 90.2. The number of nitrogens with zero attached hydrogens (tertiary/aromatic N) is 1. The fourth-order valence-corrected chi connectivity index (χ4v) is 0.341. The summed E-state index contributed by atoms with van der Waals surface area (Å²) in [5.41, 5.74) is 4.81. The van der Waals surface area contributed by atoms with Gasteiger partial charge in [-0.3, -0.25) is 0 Å². The molecule has 40 valence electrons. The number of hydrogen-bond acceptors (Lipinski definition) is 4. The summed E-state index contributed by atoms with van der Waals surface area (Å²) in [6.45, 7) is 1.97. The molecule has 0 saturated heterocycles. The molecular weight excluding hydrogens is 94.1 g/mol. The van der Waals surface area contributed by atoms with E-state index in [1.54, 1.807) is 0 Å². The topological polar surface area (TPSA) is 45.7 Å². The van der Waals surface area contributed by atoms with Gasteiger partial charge in [0.1, 0.15) is 0 Å². The Hall–Kier alpha value is -0.770. The lowest BCUT2D eigenvalue weighted by Gasteiger charge is -1.89. The highest BCUT2D eigenvalue weighted by molar-refractivity contribution is 5.75. The first kappa shape index (κ1) is 4.39. The van der Waals surface area contributed by atoms with Crippen LogP contribution in [0.3, 0.4) is 0 Å². The fourth-order valence-electron chi connectivity index (χ4n) is 0.341. The fraction of sp³-hybridized carbons (Fsp3) is 0.667. The standard InChI is InChI=1S/C3H7N3O/c1-2-3-4-5-6-7-3/h5-6H,2H2,1H3. The van der Waals surface area contributed by atoms with Gasteiger partial charge in [0.25, 0.3) is 0 Å². The zero-order chi connectivity index (χ0) is 5.11. The summed E-state index contributed by atoms with van der Waals surface area (Å²) >= 11 is 0. The van der Waals surface area contributed by atoms with Crippen LogP contribution in [0.25, 0.3) is 0 Å². The average Bonchev–Trinajstić information content (AvgIpc) is 2.14. The molecule has 0 unspecified atom stereocenters. The van der Waals surface area contributed by atoms with Crippen molar-refractivity contribution in [3.05, 3.63) is 0 Å². The van der Waals surface area contributed by atoms with E-state index < -0.39 is 0 Å². The Morgan fingerprint density at radius 2 is 2.71 bits per heavy atom. The summed E-state index contributed by atoms with van der Waals surface area (Å²) in [7, 11) is 0. The van der Waals surface area contributed by atoms with Crippen LogP contribution in [0.15, 0.2) is 5.10 Å². The molecule has 4 nitrogen and oxygen atoms in total. The highest BCUT2D eigenvalue weighted by Gasteiger charge is 2.00. The van der Waals surface area contributed by atoms with Crippen LogP contribution in [-0.4, -0.2) is 5.90 Å². The van der Waals surface area contributed by atoms with Gasteiger partial charge in [-0.1, -0.05) is 6.92 Å². The Labute approximate surface area is 41.5 Å². The quantitative estimate of drug-likeness (QED) is 0.478. The van der Waals surface area contributed by atoms with Gasteiger partial charge in [0, 0.05) is 6.42 Å². The predicted molar refractivity (Wildman–Crippen MR) is 25.1 cm³/mol. The maximum Gasteiger partial charge on any atom is 0.234 e. The first-order valence-electron chi connectivity index (χ1n) is 2.17. The Balaban J connectivity index is 2.36. The van der Waals surface area contributed by atoms with E-state index in [1.807, 2.05) is 6.92 Å². The maximum absolute atomic E-state index is 4.69. The van der Waals surface area contributed by atoms with Crippen molar-refractivity contribution in [1.29, 1.82) is 0 Å². The third kappa shape index (κ3) is 0.806. The molecule has 0 aromatic carbocycles. The molecule has 0 spiro atoms. The van der Waals surface area contributed by atoms with Crippen LogP contribution < -0.4 is 11.1 Å². The molecule has 0 radical (unpaired) electrons. The zero-order valence-electron chi connectivity index (χ0n) is 4.06. The van der Waals surface area contributed by atoms with Gasteiger partial charge in [-0.2, -0.15) is 0 Å². The van der Waals surface area contributed by atoms with Crippen molar-refractivity contribution in [3.63, 3.8) is 0 Å². The van der Waals surface area contributed by atoms with Crippen LogP contribution in [-0.2, 0) is 4.84 Å². The molecule has 4 heteroatoms. The Morgan fingerprint density at radius 3 is 3.00 bits per heavy atom. The van der Waals surface area contributed by atoms with Crippen molar-refractivity contribution < 1.29 is 4.84 Å². The van der Waals surface area contributed by atoms with Crippen molar-refractivity contribution in [3.8, 4) is 0 Å². The molecule has 2 N–H and O–H groups in total. The van der Waals surface area contributed by atoms with Gasteiger partial charge in [-0.05, 0) is 5.59 Å². The van der Waals surface area contributed by atoms with Gasteiger partial charge in [-0.25, -0.2) is 5.53 Å². The van der Waals surface area contributed by atoms with E-state index in [1.165, 1.54) is 0 Å². The lowest BCUT2D eigenvalue weighted by Crippen LogP contribution is -2.19. The molecule has 0 fully saturated rings. The number of nitrogens with one attached hydrogen (secondary N) is 2. The molecule has 0 bridgehead atoms. The summed E-state index contributed by atoms with van der Waals surface area (Å²) in [4.78, 5) is 4.69.